The van der Waals surface area contributed by atoms with Gasteiger partial charge >= 0.3 is 6.61 Å². The Labute approximate surface area is 149 Å². The van der Waals surface area contributed by atoms with Gasteiger partial charge in [0.05, 0.1) is 5.70 Å². The predicted molar refractivity (Wildman–Crippen MR) is 88.0 cm³/mol. The molecule has 1 fully saturated rings. The first-order valence-corrected chi connectivity index (χ1v) is 8.67. The highest BCUT2D eigenvalue weighted by Gasteiger charge is 2.27. The second kappa shape index (κ2) is 7.70. The van der Waals surface area contributed by atoms with E-state index < -0.39 is 30.4 Å². The lowest BCUT2D eigenvalue weighted by Gasteiger charge is -2.30. The fourth-order valence-corrected chi connectivity index (χ4v) is 3.61. The van der Waals surface area contributed by atoms with Gasteiger partial charge in [-0.25, -0.2) is 13.8 Å². The highest BCUT2D eigenvalue weighted by atomic mass is 19.3. The molecule has 0 radical (unpaired) electrons. The number of ether oxygens (including phenoxy) is 1. The van der Waals surface area contributed by atoms with Crippen molar-refractivity contribution in [2.45, 2.75) is 45.6 Å². The van der Waals surface area contributed by atoms with Gasteiger partial charge in [0.15, 0.2) is 11.6 Å². The minimum atomic E-state index is -3.31. The molecular formula is C19H21F4NO2. The Hall–Kier alpha value is -2.02. The highest BCUT2D eigenvalue weighted by Crippen LogP contribution is 2.38. The van der Waals surface area contributed by atoms with Crippen LogP contribution in [0.3, 0.4) is 0 Å². The number of nitrogens with zero attached hydrogens (tertiary/aromatic N) is 1. The third-order valence-corrected chi connectivity index (χ3v) is 5.08. The van der Waals surface area contributed by atoms with Crippen molar-refractivity contribution in [2.24, 2.45) is 11.8 Å². The van der Waals surface area contributed by atoms with E-state index in [-0.39, 0.29) is 11.3 Å². The van der Waals surface area contributed by atoms with E-state index in [1.807, 2.05) is 6.08 Å². The van der Waals surface area contributed by atoms with Crippen molar-refractivity contribution in [1.82, 2.24) is 5.06 Å². The fourth-order valence-electron chi connectivity index (χ4n) is 3.61. The number of hydrogen-bond donors (Lipinski definition) is 1. The van der Waals surface area contributed by atoms with E-state index in [1.54, 1.807) is 12.3 Å². The SMILES string of the molecule is CC1CCC(C2=CN(O)C(=C3C=C(F)C(OC(F)F)=C(F)C3)C=C2)CC1. The first-order chi connectivity index (χ1) is 12.3. The van der Waals surface area contributed by atoms with Crippen molar-refractivity contribution in [3.63, 3.8) is 0 Å². The van der Waals surface area contributed by atoms with Crippen LogP contribution in [0.1, 0.15) is 39.0 Å². The monoisotopic (exact) mass is 371 g/mol. The number of allylic oxidation sites excluding steroid dienone is 7. The summed E-state index contributed by atoms with van der Waals surface area (Å²) in [6.07, 6.45) is 9.81. The highest BCUT2D eigenvalue weighted by molar-refractivity contribution is 5.46. The van der Waals surface area contributed by atoms with Crippen LogP contribution in [0.5, 0.6) is 0 Å². The Morgan fingerprint density at radius 2 is 1.85 bits per heavy atom. The Bertz CT molecular complexity index is 713. The minimum absolute atomic E-state index is 0.146. The lowest BCUT2D eigenvalue weighted by Crippen LogP contribution is -2.21. The van der Waals surface area contributed by atoms with Crippen LogP contribution >= 0.6 is 0 Å². The van der Waals surface area contributed by atoms with Gasteiger partial charge in [-0.2, -0.15) is 8.78 Å². The fraction of sp³-hybridized carbons (Fsp3) is 0.474. The van der Waals surface area contributed by atoms with E-state index in [1.165, 1.54) is 0 Å². The molecule has 1 saturated carbocycles. The Morgan fingerprint density at radius 3 is 2.42 bits per heavy atom. The molecule has 0 aromatic carbocycles. The van der Waals surface area contributed by atoms with Crippen LogP contribution in [0.25, 0.3) is 0 Å². The molecule has 0 bridgehead atoms. The molecule has 2 aliphatic carbocycles. The lowest BCUT2D eigenvalue weighted by atomic mass is 9.79. The molecule has 0 amide bonds. The lowest BCUT2D eigenvalue weighted by molar-refractivity contribution is -0.0980. The smallest absolute Gasteiger partial charge is 0.387 e. The number of hydroxylamine groups is 2. The summed E-state index contributed by atoms with van der Waals surface area (Å²) >= 11 is 0. The molecule has 142 valence electrons. The molecule has 3 aliphatic rings. The quantitative estimate of drug-likeness (QED) is 0.628. The third kappa shape index (κ3) is 4.03. The van der Waals surface area contributed by atoms with E-state index in [0.29, 0.717) is 11.8 Å². The second-order valence-corrected chi connectivity index (χ2v) is 6.96. The largest absolute Gasteiger partial charge is 0.429 e. The molecule has 0 unspecified atom stereocenters. The Morgan fingerprint density at radius 1 is 1.15 bits per heavy atom. The van der Waals surface area contributed by atoms with E-state index in [0.717, 1.165) is 42.4 Å². The van der Waals surface area contributed by atoms with Crippen molar-refractivity contribution < 1.29 is 27.5 Å². The zero-order chi connectivity index (χ0) is 18.8. The van der Waals surface area contributed by atoms with Gasteiger partial charge < -0.3 is 4.74 Å². The summed E-state index contributed by atoms with van der Waals surface area (Å²) in [4.78, 5) is 0. The van der Waals surface area contributed by atoms with Gasteiger partial charge in [0, 0.05) is 12.6 Å². The Kier molecular flexibility index (Phi) is 5.55. The second-order valence-electron chi connectivity index (χ2n) is 6.96. The normalized spacial score (nSPS) is 29.9. The summed E-state index contributed by atoms with van der Waals surface area (Å²) in [5.41, 5.74) is 1.33. The van der Waals surface area contributed by atoms with Crippen LogP contribution in [0.2, 0.25) is 0 Å². The van der Waals surface area contributed by atoms with E-state index >= 15 is 0 Å². The first-order valence-electron chi connectivity index (χ1n) is 8.67. The maximum Gasteiger partial charge on any atom is 0.387 e. The van der Waals surface area contributed by atoms with Crippen molar-refractivity contribution in [2.75, 3.05) is 0 Å². The van der Waals surface area contributed by atoms with Crippen LogP contribution in [0, 0.1) is 11.8 Å². The number of rotatable bonds is 3. The van der Waals surface area contributed by atoms with Crippen LogP contribution < -0.4 is 0 Å². The van der Waals surface area contributed by atoms with Crippen molar-refractivity contribution in [3.8, 4) is 0 Å². The molecule has 26 heavy (non-hydrogen) atoms. The molecule has 1 N–H and O–H groups in total. The van der Waals surface area contributed by atoms with Crippen LogP contribution in [-0.2, 0) is 4.74 Å². The van der Waals surface area contributed by atoms with Gasteiger partial charge in [-0.3, -0.25) is 5.21 Å². The summed E-state index contributed by atoms with van der Waals surface area (Å²) in [6.45, 7) is -1.09. The van der Waals surface area contributed by atoms with E-state index in [9.17, 15) is 22.8 Å². The number of hydrogen-bond acceptors (Lipinski definition) is 3. The molecule has 3 rings (SSSR count). The van der Waals surface area contributed by atoms with Crippen LogP contribution in [0.4, 0.5) is 17.6 Å². The average Bonchev–Trinajstić information content (AvgIpc) is 2.58. The topological polar surface area (TPSA) is 32.7 Å². The summed E-state index contributed by atoms with van der Waals surface area (Å²) in [6, 6.07) is 0. The minimum Gasteiger partial charge on any atom is -0.429 e. The first kappa shape index (κ1) is 18.8. The molecular weight excluding hydrogens is 350 g/mol. The predicted octanol–water partition coefficient (Wildman–Crippen LogP) is 5.89. The van der Waals surface area contributed by atoms with Gasteiger partial charge in [-0.1, -0.05) is 25.8 Å². The standard InChI is InChI=1S/C19H21F4NO2/c1-11-2-4-12(5-3-11)13-6-7-17(24(25)10-13)14-8-15(20)18(16(21)9-14)26-19(22)23/h6-8,10-12,19,25H,2-5,9H2,1H3. The van der Waals surface area contributed by atoms with E-state index in [4.69, 9.17) is 0 Å². The summed E-state index contributed by atoms with van der Waals surface area (Å²) < 4.78 is 56.2. The summed E-state index contributed by atoms with van der Waals surface area (Å²) in [5, 5.41) is 11.1. The van der Waals surface area contributed by atoms with Gasteiger partial charge in [0.2, 0.25) is 0 Å². The maximum atomic E-state index is 14.0. The van der Waals surface area contributed by atoms with Gasteiger partial charge in [0.25, 0.3) is 0 Å². The zero-order valence-corrected chi connectivity index (χ0v) is 14.4. The molecule has 0 aromatic heterocycles. The van der Waals surface area contributed by atoms with Crippen molar-refractivity contribution >= 4 is 0 Å². The third-order valence-electron chi connectivity index (χ3n) is 5.08. The van der Waals surface area contributed by atoms with Crippen molar-refractivity contribution in [1.29, 1.82) is 0 Å². The molecule has 0 aromatic rings. The average molecular weight is 371 g/mol. The van der Waals surface area contributed by atoms with Gasteiger partial charge in [-0.15, -0.1) is 0 Å². The van der Waals surface area contributed by atoms with Crippen LogP contribution in [0.15, 0.2) is 58.7 Å². The molecule has 0 saturated heterocycles. The number of alkyl halides is 2. The summed E-state index contributed by atoms with van der Waals surface area (Å²) in [5.74, 6) is -2.39. The van der Waals surface area contributed by atoms with Gasteiger partial charge in [0.1, 0.15) is 5.83 Å². The molecule has 3 nitrogen and oxygen atoms in total. The van der Waals surface area contributed by atoms with E-state index in [2.05, 4.69) is 11.7 Å². The summed E-state index contributed by atoms with van der Waals surface area (Å²) in [7, 11) is 0. The van der Waals surface area contributed by atoms with Crippen molar-refractivity contribution in [3.05, 3.63) is 58.7 Å². The molecule has 1 aliphatic heterocycles. The Balaban J connectivity index is 1.78. The van der Waals surface area contributed by atoms with Gasteiger partial charge in [-0.05, 0) is 48.0 Å². The molecule has 7 heteroatoms. The maximum absolute atomic E-state index is 14.0. The molecule has 1 heterocycles. The molecule has 0 atom stereocenters. The zero-order valence-electron chi connectivity index (χ0n) is 14.4. The van der Waals surface area contributed by atoms with Crippen LogP contribution in [-0.4, -0.2) is 16.9 Å². The molecule has 0 spiro atoms. The number of halogens is 4.